The smallest absolute Gasteiger partial charge is 0.0588 e. The Morgan fingerprint density at radius 2 is 2.33 bits per heavy atom. The quantitative estimate of drug-likeness (QED) is 0.794. The van der Waals surface area contributed by atoms with Crippen molar-refractivity contribution in [3.63, 3.8) is 0 Å². The molecule has 1 aliphatic heterocycles. The molecule has 0 bridgehead atoms. The number of hydrogen-bond donors (Lipinski definition) is 2. The Kier molecular flexibility index (Phi) is 3.62. The summed E-state index contributed by atoms with van der Waals surface area (Å²) in [5.41, 5.74) is 2.55. The number of H-pyrrole nitrogens is 1. The Morgan fingerprint density at radius 1 is 1.33 bits per heavy atom. The molecule has 0 saturated carbocycles. The maximum absolute atomic E-state index is 5.61. The normalized spacial score (nSPS) is 19.7. The van der Waals surface area contributed by atoms with Gasteiger partial charge in [-0.2, -0.15) is 0 Å². The van der Waals surface area contributed by atoms with Crippen LogP contribution < -0.4 is 5.32 Å². The lowest BCUT2D eigenvalue weighted by Crippen LogP contribution is -2.19. The van der Waals surface area contributed by atoms with Crippen LogP contribution in [0.15, 0.2) is 30.5 Å². The van der Waals surface area contributed by atoms with E-state index in [0.717, 1.165) is 26.1 Å². The second-order valence-corrected chi connectivity index (χ2v) is 5.00. The van der Waals surface area contributed by atoms with Crippen LogP contribution in [0.5, 0.6) is 0 Å². The minimum atomic E-state index is 0.489. The standard InChI is InChI=1S/C15H20N2O/c1-2-14(18-9-1)6-7-16-11-12-3-4-13-5-8-17-15(13)10-12/h3-5,8,10,14,16-17H,1-2,6-7,9,11H2. The first-order chi connectivity index (χ1) is 8.92. The van der Waals surface area contributed by atoms with E-state index in [0.29, 0.717) is 6.10 Å². The van der Waals surface area contributed by atoms with Crippen LogP contribution in [0.25, 0.3) is 10.9 Å². The van der Waals surface area contributed by atoms with Crippen molar-refractivity contribution in [2.45, 2.75) is 31.9 Å². The van der Waals surface area contributed by atoms with Crippen molar-refractivity contribution < 1.29 is 4.74 Å². The molecule has 1 unspecified atom stereocenters. The molecule has 1 saturated heterocycles. The molecular weight excluding hydrogens is 224 g/mol. The van der Waals surface area contributed by atoms with Crippen molar-refractivity contribution in [2.24, 2.45) is 0 Å². The summed E-state index contributed by atoms with van der Waals surface area (Å²) >= 11 is 0. The number of rotatable bonds is 5. The molecule has 3 heteroatoms. The third-order valence-electron chi connectivity index (χ3n) is 3.62. The van der Waals surface area contributed by atoms with E-state index in [9.17, 15) is 0 Å². The van der Waals surface area contributed by atoms with Gasteiger partial charge in [0.2, 0.25) is 0 Å². The van der Waals surface area contributed by atoms with Gasteiger partial charge in [-0.15, -0.1) is 0 Å². The first-order valence-corrected chi connectivity index (χ1v) is 6.80. The maximum Gasteiger partial charge on any atom is 0.0588 e. The second-order valence-electron chi connectivity index (χ2n) is 5.00. The summed E-state index contributed by atoms with van der Waals surface area (Å²) in [7, 11) is 0. The van der Waals surface area contributed by atoms with E-state index in [1.54, 1.807) is 0 Å². The maximum atomic E-state index is 5.61. The first-order valence-electron chi connectivity index (χ1n) is 6.80. The molecule has 3 nitrogen and oxygen atoms in total. The van der Waals surface area contributed by atoms with Gasteiger partial charge in [0, 0.05) is 24.9 Å². The van der Waals surface area contributed by atoms with E-state index in [1.165, 1.54) is 29.3 Å². The van der Waals surface area contributed by atoms with Crippen molar-refractivity contribution in [1.29, 1.82) is 0 Å². The largest absolute Gasteiger partial charge is 0.378 e. The molecule has 18 heavy (non-hydrogen) atoms. The second kappa shape index (κ2) is 5.55. The summed E-state index contributed by atoms with van der Waals surface area (Å²) in [5.74, 6) is 0. The van der Waals surface area contributed by atoms with Crippen LogP contribution in [0.3, 0.4) is 0 Å². The summed E-state index contributed by atoms with van der Waals surface area (Å²) in [4.78, 5) is 3.25. The SMILES string of the molecule is c1cc2ccc(CNCCC3CCCO3)cc2[nH]1. The van der Waals surface area contributed by atoms with Gasteiger partial charge in [-0.05, 0) is 48.9 Å². The highest BCUT2D eigenvalue weighted by Crippen LogP contribution is 2.15. The van der Waals surface area contributed by atoms with Gasteiger partial charge in [-0.3, -0.25) is 0 Å². The average Bonchev–Trinajstić information content (AvgIpc) is 3.05. The van der Waals surface area contributed by atoms with E-state index in [2.05, 4.69) is 34.6 Å². The summed E-state index contributed by atoms with van der Waals surface area (Å²) in [6.45, 7) is 2.92. The topological polar surface area (TPSA) is 37.0 Å². The summed E-state index contributed by atoms with van der Waals surface area (Å²) in [6, 6.07) is 8.68. The van der Waals surface area contributed by atoms with Crippen LogP contribution in [0.1, 0.15) is 24.8 Å². The number of fused-ring (bicyclic) bond motifs is 1. The van der Waals surface area contributed by atoms with Crippen molar-refractivity contribution in [1.82, 2.24) is 10.3 Å². The molecule has 1 fully saturated rings. The molecule has 0 radical (unpaired) electrons. The predicted molar refractivity (Wildman–Crippen MR) is 73.6 cm³/mol. The zero-order chi connectivity index (χ0) is 12.2. The van der Waals surface area contributed by atoms with Gasteiger partial charge in [-0.1, -0.05) is 12.1 Å². The molecular formula is C15H20N2O. The van der Waals surface area contributed by atoms with Gasteiger partial charge in [0.05, 0.1) is 6.10 Å². The molecule has 96 valence electrons. The lowest BCUT2D eigenvalue weighted by Gasteiger charge is -2.10. The molecule has 0 spiro atoms. The Hall–Kier alpha value is -1.32. The van der Waals surface area contributed by atoms with Gasteiger partial charge >= 0.3 is 0 Å². The fourth-order valence-electron chi connectivity index (χ4n) is 2.57. The molecule has 1 aromatic carbocycles. The fourth-order valence-corrected chi connectivity index (χ4v) is 2.57. The van der Waals surface area contributed by atoms with Crippen LogP contribution in [0.2, 0.25) is 0 Å². The number of aromatic nitrogens is 1. The van der Waals surface area contributed by atoms with Gasteiger partial charge < -0.3 is 15.0 Å². The zero-order valence-corrected chi connectivity index (χ0v) is 10.6. The van der Waals surface area contributed by atoms with E-state index < -0.39 is 0 Å². The number of nitrogens with one attached hydrogen (secondary N) is 2. The summed E-state index contributed by atoms with van der Waals surface area (Å²) < 4.78 is 5.61. The average molecular weight is 244 g/mol. The number of ether oxygens (including phenoxy) is 1. The lowest BCUT2D eigenvalue weighted by molar-refractivity contribution is 0.104. The molecule has 1 atom stereocenters. The van der Waals surface area contributed by atoms with Crippen molar-refractivity contribution in [3.8, 4) is 0 Å². The van der Waals surface area contributed by atoms with Gasteiger partial charge in [0.1, 0.15) is 0 Å². The highest BCUT2D eigenvalue weighted by atomic mass is 16.5. The fraction of sp³-hybridized carbons (Fsp3) is 0.467. The van der Waals surface area contributed by atoms with Crippen molar-refractivity contribution in [3.05, 3.63) is 36.0 Å². The highest BCUT2D eigenvalue weighted by molar-refractivity contribution is 5.79. The minimum Gasteiger partial charge on any atom is -0.378 e. The third-order valence-corrected chi connectivity index (χ3v) is 3.62. The molecule has 1 aromatic heterocycles. The van der Waals surface area contributed by atoms with Gasteiger partial charge in [0.15, 0.2) is 0 Å². The van der Waals surface area contributed by atoms with Crippen LogP contribution >= 0.6 is 0 Å². The van der Waals surface area contributed by atoms with Crippen LogP contribution in [0.4, 0.5) is 0 Å². The highest BCUT2D eigenvalue weighted by Gasteiger charge is 2.14. The van der Waals surface area contributed by atoms with Crippen molar-refractivity contribution in [2.75, 3.05) is 13.2 Å². The van der Waals surface area contributed by atoms with Crippen LogP contribution in [-0.2, 0) is 11.3 Å². The molecule has 0 aliphatic carbocycles. The monoisotopic (exact) mass is 244 g/mol. The third kappa shape index (κ3) is 2.74. The summed E-state index contributed by atoms with van der Waals surface area (Å²) in [6.07, 6.45) is 6.07. The molecule has 0 amide bonds. The minimum absolute atomic E-state index is 0.489. The van der Waals surface area contributed by atoms with E-state index in [-0.39, 0.29) is 0 Å². The van der Waals surface area contributed by atoms with E-state index in [1.807, 2.05) is 6.20 Å². The van der Waals surface area contributed by atoms with E-state index in [4.69, 9.17) is 4.74 Å². The Morgan fingerprint density at radius 3 is 3.22 bits per heavy atom. The molecule has 2 N–H and O–H groups in total. The van der Waals surface area contributed by atoms with Crippen LogP contribution in [-0.4, -0.2) is 24.2 Å². The van der Waals surface area contributed by atoms with Gasteiger partial charge in [-0.25, -0.2) is 0 Å². The lowest BCUT2D eigenvalue weighted by atomic mass is 10.1. The Balaban J connectivity index is 1.47. The van der Waals surface area contributed by atoms with E-state index >= 15 is 0 Å². The Bertz CT molecular complexity index is 500. The molecule has 3 rings (SSSR count). The van der Waals surface area contributed by atoms with Crippen molar-refractivity contribution >= 4 is 10.9 Å². The van der Waals surface area contributed by atoms with Crippen LogP contribution in [0, 0.1) is 0 Å². The first kappa shape index (κ1) is 11.8. The molecule has 2 heterocycles. The van der Waals surface area contributed by atoms with Gasteiger partial charge in [0.25, 0.3) is 0 Å². The zero-order valence-electron chi connectivity index (χ0n) is 10.6. The number of aromatic amines is 1. The number of hydrogen-bond acceptors (Lipinski definition) is 2. The Labute approximate surface area is 108 Å². The number of benzene rings is 1. The molecule has 1 aliphatic rings. The summed E-state index contributed by atoms with van der Waals surface area (Å²) in [5, 5.41) is 4.77. The predicted octanol–water partition coefficient (Wildman–Crippen LogP) is 2.83. The molecule has 2 aromatic rings.